The molecule has 2 aromatic heterocycles. The molecule has 1 amide bonds. The Morgan fingerprint density at radius 3 is 2.68 bits per heavy atom. The molecular weight excluding hydrogens is 316 g/mol. The molecule has 0 aliphatic rings. The zero-order valence-electron chi connectivity index (χ0n) is 13.4. The van der Waals surface area contributed by atoms with Crippen molar-refractivity contribution in [2.45, 2.75) is 13.1 Å². The molecule has 2 heterocycles. The van der Waals surface area contributed by atoms with Gasteiger partial charge in [-0.15, -0.1) is 0 Å². The number of nitrogens with zero attached hydrogens (tertiary/aromatic N) is 5. The van der Waals surface area contributed by atoms with Gasteiger partial charge in [-0.05, 0) is 29.8 Å². The van der Waals surface area contributed by atoms with Gasteiger partial charge in [0, 0.05) is 6.54 Å². The number of fused-ring (bicyclic) bond motifs is 1. The molecule has 2 aromatic carbocycles. The first-order valence-corrected chi connectivity index (χ1v) is 7.90. The van der Waals surface area contributed by atoms with Gasteiger partial charge >= 0.3 is 0 Å². The summed E-state index contributed by atoms with van der Waals surface area (Å²) in [5, 5.41) is 7.02. The Labute approximate surface area is 143 Å². The molecule has 0 saturated heterocycles. The fourth-order valence-electron chi connectivity index (χ4n) is 2.66. The van der Waals surface area contributed by atoms with E-state index in [9.17, 15) is 4.79 Å². The van der Waals surface area contributed by atoms with Gasteiger partial charge in [0.15, 0.2) is 0 Å². The van der Waals surface area contributed by atoms with Crippen molar-refractivity contribution in [2.24, 2.45) is 0 Å². The van der Waals surface area contributed by atoms with Crippen LogP contribution in [0.1, 0.15) is 5.56 Å². The molecule has 7 nitrogen and oxygen atoms in total. The van der Waals surface area contributed by atoms with E-state index in [0.717, 1.165) is 22.3 Å². The lowest BCUT2D eigenvalue weighted by atomic mass is 10.2. The number of benzene rings is 2. The lowest BCUT2D eigenvalue weighted by Gasteiger charge is -2.08. The van der Waals surface area contributed by atoms with Gasteiger partial charge in [0.25, 0.3) is 0 Å². The number of aromatic nitrogens is 5. The maximum atomic E-state index is 12.2. The van der Waals surface area contributed by atoms with Crippen molar-refractivity contribution in [3.05, 3.63) is 73.1 Å². The third kappa shape index (κ3) is 3.25. The summed E-state index contributed by atoms with van der Waals surface area (Å²) in [6, 6.07) is 15.6. The fourth-order valence-corrected chi connectivity index (χ4v) is 2.66. The second-order valence-electron chi connectivity index (χ2n) is 5.64. The van der Waals surface area contributed by atoms with Crippen molar-refractivity contribution in [1.82, 2.24) is 29.6 Å². The molecule has 4 aromatic rings. The number of carbonyl (C=O) groups is 1. The Morgan fingerprint density at radius 2 is 1.88 bits per heavy atom. The molecule has 4 rings (SSSR count). The van der Waals surface area contributed by atoms with Gasteiger partial charge in [0.1, 0.15) is 19.2 Å². The van der Waals surface area contributed by atoms with Crippen molar-refractivity contribution >= 4 is 16.9 Å². The Bertz CT molecular complexity index is 988. The summed E-state index contributed by atoms with van der Waals surface area (Å²) in [4.78, 5) is 20.4. The van der Waals surface area contributed by atoms with Crippen LogP contribution in [0.5, 0.6) is 0 Å². The summed E-state index contributed by atoms with van der Waals surface area (Å²) in [5.41, 5.74) is 3.79. The van der Waals surface area contributed by atoms with Crippen LogP contribution in [0.25, 0.3) is 16.7 Å². The predicted octanol–water partition coefficient (Wildman–Crippen LogP) is 1.93. The highest BCUT2D eigenvalue weighted by molar-refractivity contribution is 5.80. The van der Waals surface area contributed by atoms with E-state index in [1.54, 1.807) is 17.3 Å². The molecule has 0 unspecified atom stereocenters. The summed E-state index contributed by atoms with van der Waals surface area (Å²) < 4.78 is 3.53. The van der Waals surface area contributed by atoms with Gasteiger partial charge in [-0.1, -0.05) is 24.3 Å². The standard InChI is InChI=1S/C18H16N6O/c25-18(10-23-13-21-16-3-1-2-4-17(16)23)20-9-14-5-7-15(8-6-14)24-12-19-11-22-24/h1-8,11-13H,9-10H2,(H,20,25). The monoisotopic (exact) mass is 332 g/mol. The molecule has 0 radical (unpaired) electrons. The first-order chi connectivity index (χ1) is 12.3. The molecule has 25 heavy (non-hydrogen) atoms. The lowest BCUT2D eigenvalue weighted by molar-refractivity contribution is -0.121. The zero-order valence-corrected chi connectivity index (χ0v) is 13.4. The van der Waals surface area contributed by atoms with Crippen LogP contribution >= 0.6 is 0 Å². The van der Waals surface area contributed by atoms with E-state index >= 15 is 0 Å². The fraction of sp³-hybridized carbons (Fsp3) is 0.111. The summed E-state index contributed by atoms with van der Waals surface area (Å²) in [5.74, 6) is -0.0523. The predicted molar refractivity (Wildman–Crippen MR) is 92.9 cm³/mol. The van der Waals surface area contributed by atoms with Crippen LogP contribution < -0.4 is 5.32 Å². The van der Waals surface area contributed by atoms with E-state index in [2.05, 4.69) is 20.4 Å². The molecule has 0 aliphatic carbocycles. The van der Waals surface area contributed by atoms with E-state index in [1.807, 2.05) is 53.1 Å². The highest BCUT2D eigenvalue weighted by Crippen LogP contribution is 2.11. The van der Waals surface area contributed by atoms with Crippen molar-refractivity contribution in [1.29, 1.82) is 0 Å². The van der Waals surface area contributed by atoms with Crippen LogP contribution in [0.2, 0.25) is 0 Å². The average Bonchev–Trinajstić information content (AvgIpc) is 3.31. The number of nitrogens with one attached hydrogen (secondary N) is 1. The first kappa shape index (κ1) is 15.1. The molecule has 1 N–H and O–H groups in total. The molecule has 7 heteroatoms. The van der Waals surface area contributed by atoms with Gasteiger partial charge in [-0.3, -0.25) is 4.79 Å². The number of hydrogen-bond acceptors (Lipinski definition) is 4. The SMILES string of the molecule is O=C(Cn1cnc2ccccc21)NCc1ccc(-n2cncn2)cc1. The topological polar surface area (TPSA) is 77.6 Å². The molecule has 0 saturated carbocycles. The van der Waals surface area contributed by atoms with Crippen molar-refractivity contribution < 1.29 is 4.79 Å². The lowest BCUT2D eigenvalue weighted by Crippen LogP contribution is -2.26. The molecule has 0 atom stereocenters. The normalized spacial score (nSPS) is 10.9. The minimum atomic E-state index is -0.0523. The second-order valence-corrected chi connectivity index (χ2v) is 5.64. The van der Waals surface area contributed by atoms with E-state index in [0.29, 0.717) is 6.54 Å². The van der Waals surface area contributed by atoms with Crippen molar-refractivity contribution in [3.63, 3.8) is 0 Å². The Kier molecular flexibility index (Phi) is 3.96. The molecule has 0 spiro atoms. The molecule has 0 bridgehead atoms. The third-order valence-corrected chi connectivity index (χ3v) is 3.95. The summed E-state index contributed by atoms with van der Waals surface area (Å²) >= 11 is 0. The largest absolute Gasteiger partial charge is 0.350 e. The molecule has 0 aliphatic heterocycles. The van der Waals surface area contributed by atoms with Crippen molar-refractivity contribution in [3.8, 4) is 5.69 Å². The van der Waals surface area contributed by atoms with Gasteiger partial charge in [0.05, 0.1) is 23.0 Å². The Morgan fingerprint density at radius 1 is 1.04 bits per heavy atom. The number of hydrogen-bond donors (Lipinski definition) is 1. The van der Waals surface area contributed by atoms with Crippen LogP contribution in [-0.2, 0) is 17.9 Å². The van der Waals surface area contributed by atoms with Gasteiger partial charge < -0.3 is 9.88 Å². The summed E-state index contributed by atoms with van der Waals surface area (Å²) in [6.07, 6.45) is 4.83. The maximum Gasteiger partial charge on any atom is 0.240 e. The molecular formula is C18H16N6O. The quantitative estimate of drug-likeness (QED) is 0.606. The highest BCUT2D eigenvalue weighted by atomic mass is 16.1. The van der Waals surface area contributed by atoms with Crippen LogP contribution in [0.3, 0.4) is 0 Å². The number of para-hydroxylation sites is 2. The Hall–Kier alpha value is -3.48. The smallest absolute Gasteiger partial charge is 0.240 e. The van der Waals surface area contributed by atoms with Gasteiger partial charge in [-0.2, -0.15) is 5.10 Å². The average molecular weight is 332 g/mol. The van der Waals surface area contributed by atoms with Gasteiger partial charge in [-0.25, -0.2) is 14.6 Å². The van der Waals surface area contributed by atoms with Crippen molar-refractivity contribution in [2.75, 3.05) is 0 Å². The van der Waals surface area contributed by atoms with Gasteiger partial charge in [0.2, 0.25) is 5.91 Å². The van der Waals surface area contributed by atoms with E-state index in [-0.39, 0.29) is 12.5 Å². The van der Waals surface area contributed by atoms with E-state index in [1.165, 1.54) is 6.33 Å². The molecule has 0 fully saturated rings. The highest BCUT2D eigenvalue weighted by Gasteiger charge is 2.07. The summed E-state index contributed by atoms with van der Waals surface area (Å²) in [6.45, 7) is 0.723. The number of imidazole rings is 1. The first-order valence-electron chi connectivity index (χ1n) is 7.90. The Balaban J connectivity index is 1.37. The van der Waals surface area contributed by atoms with E-state index in [4.69, 9.17) is 0 Å². The van der Waals surface area contributed by atoms with Crippen LogP contribution in [0, 0.1) is 0 Å². The van der Waals surface area contributed by atoms with Crippen LogP contribution in [-0.4, -0.2) is 30.2 Å². The van der Waals surface area contributed by atoms with E-state index < -0.39 is 0 Å². The number of carbonyl (C=O) groups excluding carboxylic acids is 1. The minimum absolute atomic E-state index is 0.0523. The number of amides is 1. The summed E-state index contributed by atoms with van der Waals surface area (Å²) in [7, 11) is 0. The number of rotatable bonds is 5. The third-order valence-electron chi connectivity index (χ3n) is 3.95. The maximum absolute atomic E-state index is 12.2. The van der Waals surface area contributed by atoms with Crippen LogP contribution in [0.4, 0.5) is 0 Å². The minimum Gasteiger partial charge on any atom is -0.350 e. The second kappa shape index (κ2) is 6.56. The van der Waals surface area contributed by atoms with Crippen LogP contribution in [0.15, 0.2) is 67.5 Å². The molecule has 124 valence electrons. The zero-order chi connectivity index (χ0) is 17.1.